The maximum absolute atomic E-state index is 12.4. The van der Waals surface area contributed by atoms with Crippen LogP contribution in [0.1, 0.15) is 17.6 Å². The van der Waals surface area contributed by atoms with Crippen molar-refractivity contribution in [1.82, 2.24) is 10.2 Å². The summed E-state index contributed by atoms with van der Waals surface area (Å²) in [4.78, 5) is 25.3. The molecule has 1 aromatic heterocycles. The van der Waals surface area contributed by atoms with Crippen LogP contribution in [0, 0.1) is 17.0 Å². The average Bonchev–Trinajstić information content (AvgIpc) is 3.15. The van der Waals surface area contributed by atoms with Crippen molar-refractivity contribution in [1.29, 1.82) is 0 Å². The number of aryl methyl sites for hydroxylation is 1. The van der Waals surface area contributed by atoms with Gasteiger partial charge in [0.2, 0.25) is 0 Å². The summed E-state index contributed by atoms with van der Waals surface area (Å²) in [5.74, 6) is 1.87. The van der Waals surface area contributed by atoms with Crippen molar-refractivity contribution in [3.63, 3.8) is 0 Å². The minimum atomic E-state index is -0.569. The molecular formula is C19H24N4O6. The van der Waals surface area contributed by atoms with Crippen molar-refractivity contribution >= 4 is 17.4 Å². The summed E-state index contributed by atoms with van der Waals surface area (Å²) in [5, 5.41) is 16.6. The minimum absolute atomic E-state index is 0.0880. The van der Waals surface area contributed by atoms with Gasteiger partial charge in [-0.1, -0.05) is 0 Å². The fourth-order valence-electron chi connectivity index (χ4n) is 3.18. The quantitative estimate of drug-likeness (QED) is 0.538. The summed E-state index contributed by atoms with van der Waals surface area (Å²) in [6.07, 6.45) is 0. The standard InChI is InChI=1S/C19H24N4O6/c1-13-3-6-18(29-13)17(22-7-9-28-10-8-22)12-20-19(24)21-15-5-4-14(27-2)11-16(15)23(25)26/h3-6,11,17H,7-10,12H2,1-2H3,(H2,20,21,24)/t17-/m0/s1. The second-order valence-corrected chi connectivity index (χ2v) is 6.59. The number of hydrogen-bond donors (Lipinski definition) is 2. The van der Waals surface area contributed by atoms with Gasteiger partial charge < -0.3 is 24.5 Å². The lowest BCUT2D eigenvalue weighted by molar-refractivity contribution is -0.384. The maximum Gasteiger partial charge on any atom is 0.319 e. The lowest BCUT2D eigenvalue weighted by Crippen LogP contribution is -2.44. The molecule has 1 saturated heterocycles. The monoisotopic (exact) mass is 404 g/mol. The van der Waals surface area contributed by atoms with Crippen LogP contribution >= 0.6 is 0 Å². The molecule has 29 heavy (non-hydrogen) atoms. The highest BCUT2D eigenvalue weighted by molar-refractivity contribution is 5.92. The van der Waals surface area contributed by atoms with Gasteiger partial charge in [-0.25, -0.2) is 4.79 Å². The van der Waals surface area contributed by atoms with E-state index in [4.69, 9.17) is 13.9 Å². The second-order valence-electron chi connectivity index (χ2n) is 6.59. The molecule has 1 aliphatic rings. The molecule has 2 N–H and O–H groups in total. The fraction of sp³-hybridized carbons (Fsp3) is 0.421. The van der Waals surface area contributed by atoms with E-state index in [-0.39, 0.29) is 24.0 Å². The van der Waals surface area contributed by atoms with E-state index in [2.05, 4.69) is 15.5 Å². The van der Waals surface area contributed by atoms with Gasteiger partial charge in [0.05, 0.1) is 37.4 Å². The normalized spacial score (nSPS) is 15.5. The maximum atomic E-state index is 12.4. The predicted octanol–water partition coefficient (Wildman–Crippen LogP) is 2.70. The second kappa shape index (κ2) is 9.39. The largest absolute Gasteiger partial charge is 0.496 e. The van der Waals surface area contributed by atoms with Crippen molar-refractivity contribution in [2.75, 3.05) is 45.3 Å². The number of furan rings is 1. The number of nitro groups is 1. The number of rotatable bonds is 7. The molecule has 10 nitrogen and oxygen atoms in total. The molecule has 0 radical (unpaired) electrons. The van der Waals surface area contributed by atoms with Gasteiger partial charge in [-0.3, -0.25) is 15.0 Å². The number of urea groups is 1. The van der Waals surface area contributed by atoms with Crippen LogP contribution in [0.25, 0.3) is 0 Å². The average molecular weight is 404 g/mol. The van der Waals surface area contributed by atoms with Crippen LogP contribution in [0.3, 0.4) is 0 Å². The van der Waals surface area contributed by atoms with E-state index in [9.17, 15) is 14.9 Å². The summed E-state index contributed by atoms with van der Waals surface area (Å²) < 4.78 is 16.2. The molecule has 1 atom stereocenters. The molecule has 0 bridgehead atoms. The van der Waals surface area contributed by atoms with Crippen molar-refractivity contribution < 1.29 is 23.6 Å². The van der Waals surface area contributed by atoms with Crippen molar-refractivity contribution in [2.24, 2.45) is 0 Å². The number of morpholine rings is 1. The van der Waals surface area contributed by atoms with Gasteiger partial charge in [-0.15, -0.1) is 0 Å². The number of nitrogens with zero attached hydrogens (tertiary/aromatic N) is 2. The molecule has 3 rings (SSSR count). The number of carbonyl (C=O) groups is 1. The number of carbonyl (C=O) groups excluding carboxylic acids is 1. The highest BCUT2D eigenvalue weighted by Gasteiger charge is 2.26. The summed E-state index contributed by atoms with van der Waals surface area (Å²) in [7, 11) is 1.42. The molecule has 156 valence electrons. The van der Waals surface area contributed by atoms with Gasteiger partial charge in [0, 0.05) is 19.6 Å². The third-order valence-electron chi connectivity index (χ3n) is 4.68. The van der Waals surface area contributed by atoms with Gasteiger partial charge in [-0.05, 0) is 31.2 Å². The Kier molecular flexibility index (Phi) is 6.68. The van der Waals surface area contributed by atoms with E-state index >= 15 is 0 Å². The summed E-state index contributed by atoms with van der Waals surface area (Å²) in [6.45, 7) is 4.81. The van der Waals surface area contributed by atoms with Gasteiger partial charge >= 0.3 is 6.03 Å². The Morgan fingerprint density at radius 1 is 1.31 bits per heavy atom. The van der Waals surface area contributed by atoms with Crippen molar-refractivity contribution in [3.05, 3.63) is 52.0 Å². The highest BCUT2D eigenvalue weighted by Crippen LogP contribution is 2.29. The Labute approximate surface area is 167 Å². The summed E-state index contributed by atoms with van der Waals surface area (Å²) in [6, 6.07) is 7.31. The summed E-state index contributed by atoms with van der Waals surface area (Å²) >= 11 is 0. The van der Waals surface area contributed by atoms with Crippen LogP contribution in [0.15, 0.2) is 34.7 Å². The molecule has 2 heterocycles. The number of hydrogen-bond acceptors (Lipinski definition) is 7. The van der Waals surface area contributed by atoms with Crippen molar-refractivity contribution in [3.8, 4) is 5.75 Å². The molecule has 1 fully saturated rings. The molecule has 0 aliphatic carbocycles. The Morgan fingerprint density at radius 3 is 2.69 bits per heavy atom. The first-order valence-electron chi connectivity index (χ1n) is 9.23. The van der Waals surface area contributed by atoms with E-state index < -0.39 is 11.0 Å². The van der Waals surface area contributed by atoms with Crippen LogP contribution in [0.5, 0.6) is 5.75 Å². The molecule has 0 spiro atoms. The molecule has 1 aromatic carbocycles. The van der Waals surface area contributed by atoms with Crippen LogP contribution in [0.4, 0.5) is 16.2 Å². The molecule has 2 amide bonds. The first-order chi connectivity index (χ1) is 14.0. The zero-order valence-electron chi connectivity index (χ0n) is 16.3. The molecule has 10 heteroatoms. The predicted molar refractivity (Wildman–Crippen MR) is 105 cm³/mol. The Morgan fingerprint density at radius 2 is 2.07 bits per heavy atom. The highest BCUT2D eigenvalue weighted by atomic mass is 16.6. The first kappa shape index (κ1) is 20.6. The Balaban J connectivity index is 1.68. The molecular weight excluding hydrogens is 380 g/mol. The van der Waals surface area contributed by atoms with Crippen LogP contribution in [-0.4, -0.2) is 55.8 Å². The molecule has 0 saturated carbocycles. The van der Waals surface area contributed by atoms with Crippen LogP contribution < -0.4 is 15.4 Å². The Bertz CT molecular complexity index is 862. The van der Waals surface area contributed by atoms with E-state index in [1.54, 1.807) is 6.07 Å². The third kappa shape index (κ3) is 5.24. The summed E-state index contributed by atoms with van der Waals surface area (Å²) in [5.41, 5.74) is -0.157. The minimum Gasteiger partial charge on any atom is -0.496 e. The fourth-order valence-corrected chi connectivity index (χ4v) is 3.18. The van der Waals surface area contributed by atoms with E-state index in [1.165, 1.54) is 19.2 Å². The number of ether oxygens (including phenoxy) is 2. The molecule has 2 aromatic rings. The van der Waals surface area contributed by atoms with Gasteiger partial charge in [-0.2, -0.15) is 0 Å². The van der Waals surface area contributed by atoms with Gasteiger partial charge in [0.25, 0.3) is 5.69 Å². The zero-order chi connectivity index (χ0) is 20.8. The lowest BCUT2D eigenvalue weighted by Gasteiger charge is -2.33. The lowest BCUT2D eigenvalue weighted by atomic mass is 10.1. The zero-order valence-corrected chi connectivity index (χ0v) is 16.3. The number of amides is 2. The number of nitrogens with one attached hydrogen (secondary N) is 2. The molecule has 0 unspecified atom stereocenters. The van der Waals surface area contributed by atoms with E-state index in [0.29, 0.717) is 19.0 Å². The number of anilines is 1. The molecule has 1 aliphatic heterocycles. The Hall–Kier alpha value is -3.11. The van der Waals surface area contributed by atoms with Crippen LogP contribution in [0.2, 0.25) is 0 Å². The van der Waals surface area contributed by atoms with Gasteiger partial charge in [0.1, 0.15) is 23.0 Å². The van der Waals surface area contributed by atoms with Crippen molar-refractivity contribution in [2.45, 2.75) is 13.0 Å². The van der Waals surface area contributed by atoms with E-state index in [0.717, 1.165) is 24.6 Å². The topological polar surface area (TPSA) is 119 Å². The van der Waals surface area contributed by atoms with Crippen LogP contribution in [-0.2, 0) is 4.74 Å². The SMILES string of the molecule is COc1ccc(NC(=O)NC[C@@H](c2ccc(C)o2)N2CCOCC2)c([N+](=O)[O-])c1. The van der Waals surface area contributed by atoms with Gasteiger partial charge in [0.15, 0.2) is 0 Å². The third-order valence-corrected chi connectivity index (χ3v) is 4.68. The number of methoxy groups -OCH3 is 1. The number of benzene rings is 1. The smallest absolute Gasteiger partial charge is 0.319 e. The van der Waals surface area contributed by atoms with E-state index in [1.807, 2.05) is 19.1 Å². The first-order valence-corrected chi connectivity index (χ1v) is 9.23. The number of nitro benzene ring substituents is 1.